The molecular formula is C11H15N5O3S. The second-order valence-corrected chi connectivity index (χ2v) is 4.90. The number of nitrogens with zero attached hydrogens (tertiary/aromatic N) is 5. The lowest BCUT2D eigenvalue weighted by Gasteiger charge is -2.03. The largest absolute Gasteiger partial charge is 0.453 e. The fourth-order valence-corrected chi connectivity index (χ4v) is 2.24. The van der Waals surface area contributed by atoms with Gasteiger partial charge >= 0.3 is 5.97 Å². The molecule has 20 heavy (non-hydrogen) atoms. The van der Waals surface area contributed by atoms with Gasteiger partial charge in [-0.2, -0.15) is 0 Å². The molecule has 0 unspecified atom stereocenters. The summed E-state index contributed by atoms with van der Waals surface area (Å²) in [6.45, 7) is 3.12. The summed E-state index contributed by atoms with van der Waals surface area (Å²) in [6.07, 6.45) is 0.901. The van der Waals surface area contributed by atoms with Crippen LogP contribution in [0.3, 0.4) is 0 Å². The second kappa shape index (κ2) is 7.06. The average Bonchev–Trinajstić information content (AvgIpc) is 3.06. The molecule has 0 N–H and O–H groups in total. The summed E-state index contributed by atoms with van der Waals surface area (Å²) in [5.41, 5.74) is 0.275. The van der Waals surface area contributed by atoms with Crippen LogP contribution in [0.4, 0.5) is 0 Å². The summed E-state index contributed by atoms with van der Waals surface area (Å²) in [7, 11) is 1.58. The number of carbonyl (C=O) groups excluding carboxylic acids is 1. The Balaban J connectivity index is 1.92. The van der Waals surface area contributed by atoms with Crippen molar-refractivity contribution in [2.24, 2.45) is 0 Å². The van der Waals surface area contributed by atoms with Crippen LogP contribution in [-0.2, 0) is 29.2 Å². The lowest BCUT2D eigenvalue weighted by Crippen LogP contribution is -2.11. The Morgan fingerprint density at radius 3 is 3.05 bits per heavy atom. The van der Waals surface area contributed by atoms with Gasteiger partial charge in [0.05, 0.1) is 6.61 Å². The average molecular weight is 297 g/mol. The predicted molar refractivity (Wildman–Crippen MR) is 70.1 cm³/mol. The summed E-state index contributed by atoms with van der Waals surface area (Å²) in [6, 6.07) is 0. The van der Waals surface area contributed by atoms with Crippen molar-refractivity contribution in [3.8, 4) is 0 Å². The van der Waals surface area contributed by atoms with Crippen molar-refractivity contribution in [3.63, 3.8) is 0 Å². The van der Waals surface area contributed by atoms with Crippen molar-refractivity contribution in [1.29, 1.82) is 0 Å². The minimum atomic E-state index is -0.491. The van der Waals surface area contributed by atoms with Gasteiger partial charge in [0.1, 0.15) is 5.01 Å². The van der Waals surface area contributed by atoms with Gasteiger partial charge in [0.15, 0.2) is 18.1 Å². The third kappa shape index (κ3) is 3.58. The van der Waals surface area contributed by atoms with Gasteiger partial charge in [-0.3, -0.25) is 0 Å². The maximum Gasteiger partial charge on any atom is 0.358 e. The quantitative estimate of drug-likeness (QED) is 0.705. The maximum absolute atomic E-state index is 11.8. The number of hydrogen-bond acceptors (Lipinski definition) is 8. The highest BCUT2D eigenvalue weighted by atomic mass is 32.1. The molecule has 9 heteroatoms. The summed E-state index contributed by atoms with van der Waals surface area (Å²) in [5.74, 6) is 0.0298. The highest BCUT2D eigenvalue weighted by molar-refractivity contribution is 7.09. The van der Waals surface area contributed by atoms with Crippen LogP contribution in [0.15, 0.2) is 5.38 Å². The summed E-state index contributed by atoms with van der Waals surface area (Å²) < 4.78 is 11.7. The molecule has 2 aromatic rings. The Morgan fingerprint density at radius 2 is 2.30 bits per heavy atom. The fourth-order valence-electron chi connectivity index (χ4n) is 1.51. The van der Waals surface area contributed by atoms with Crippen LogP contribution in [-0.4, -0.2) is 38.3 Å². The third-order valence-corrected chi connectivity index (χ3v) is 3.22. The van der Waals surface area contributed by atoms with E-state index in [0.29, 0.717) is 19.0 Å². The van der Waals surface area contributed by atoms with Gasteiger partial charge in [-0.1, -0.05) is 6.92 Å². The Hall–Kier alpha value is -1.87. The molecule has 0 aromatic carbocycles. The number of esters is 1. The van der Waals surface area contributed by atoms with Crippen LogP contribution in [0.2, 0.25) is 0 Å². The second-order valence-electron chi connectivity index (χ2n) is 3.95. The number of ether oxygens (including phenoxy) is 2. The van der Waals surface area contributed by atoms with E-state index >= 15 is 0 Å². The smallest absolute Gasteiger partial charge is 0.358 e. The Labute approximate surface area is 119 Å². The zero-order valence-electron chi connectivity index (χ0n) is 11.3. The molecule has 0 spiro atoms. The van der Waals surface area contributed by atoms with E-state index in [9.17, 15) is 4.79 Å². The monoisotopic (exact) mass is 297 g/mol. The molecule has 0 radical (unpaired) electrons. The van der Waals surface area contributed by atoms with Crippen LogP contribution in [0.25, 0.3) is 0 Å². The van der Waals surface area contributed by atoms with Gasteiger partial charge < -0.3 is 9.47 Å². The lowest BCUT2D eigenvalue weighted by molar-refractivity contribution is 0.0449. The molecule has 8 nitrogen and oxygen atoms in total. The van der Waals surface area contributed by atoms with E-state index in [0.717, 1.165) is 11.4 Å². The SMILES string of the molecule is CCCn1nnnc1COC(=O)c1csc(COC)n1. The zero-order valence-corrected chi connectivity index (χ0v) is 12.1. The van der Waals surface area contributed by atoms with Crippen molar-refractivity contribution in [1.82, 2.24) is 25.2 Å². The normalized spacial score (nSPS) is 10.7. The van der Waals surface area contributed by atoms with Gasteiger partial charge in [0, 0.05) is 19.0 Å². The Morgan fingerprint density at radius 1 is 1.45 bits per heavy atom. The van der Waals surface area contributed by atoms with Crippen molar-refractivity contribution >= 4 is 17.3 Å². The molecule has 2 heterocycles. The molecule has 2 aromatic heterocycles. The van der Waals surface area contributed by atoms with Crippen LogP contribution in [0.5, 0.6) is 0 Å². The Kier molecular flexibility index (Phi) is 5.13. The molecule has 0 saturated heterocycles. The van der Waals surface area contributed by atoms with E-state index in [1.165, 1.54) is 11.3 Å². The molecule has 0 saturated carbocycles. The first-order valence-corrected chi connectivity index (χ1v) is 6.98. The molecule has 0 fully saturated rings. The summed E-state index contributed by atoms with van der Waals surface area (Å²) >= 11 is 1.35. The minimum Gasteiger partial charge on any atom is -0.453 e. The lowest BCUT2D eigenvalue weighted by atomic mass is 10.5. The van der Waals surface area contributed by atoms with E-state index in [4.69, 9.17) is 9.47 Å². The number of methoxy groups -OCH3 is 1. The van der Waals surface area contributed by atoms with Crippen molar-refractivity contribution < 1.29 is 14.3 Å². The third-order valence-electron chi connectivity index (χ3n) is 2.40. The molecule has 0 bridgehead atoms. The van der Waals surface area contributed by atoms with Crippen molar-refractivity contribution in [2.75, 3.05) is 7.11 Å². The van der Waals surface area contributed by atoms with E-state index in [1.54, 1.807) is 17.2 Å². The topological polar surface area (TPSA) is 92.0 Å². The van der Waals surface area contributed by atoms with Crippen LogP contribution < -0.4 is 0 Å². The van der Waals surface area contributed by atoms with Crippen molar-refractivity contribution in [3.05, 3.63) is 21.9 Å². The first kappa shape index (κ1) is 14.5. The molecule has 2 rings (SSSR count). The molecule has 0 aliphatic rings. The molecule has 108 valence electrons. The van der Waals surface area contributed by atoms with Gasteiger partial charge in [-0.05, 0) is 16.8 Å². The van der Waals surface area contributed by atoms with Crippen LogP contribution in [0, 0.1) is 0 Å². The van der Waals surface area contributed by atoms with E-state index in [2.05, 4.69) is 20.5 Å². The minimum absolute atomic E-state index is 0.0307. The number of tetrazole rings is 1. The van der Waals surface area contributed by atoms with E-state index in [-0.39, 0.29) is 12.3 Å². The summed E-state index contributed by atoms with van der Waals surface area (Å²) in [4.78, 5) is 15.9. The number of aryl methyl sites for hydroxylation is 1. The standard InChI is InChI=1S/C11H15N5O3S/c1-3-4-16-9(13-14-15-16)5-19-11(17)8-7-20-10(12-8)6-18-2/h7H,3-6H2,1-2H3. The number of thiazole rings is 1. The molecule has 0 aliphatic heterocycles. The molecule has 0 aliphatic carbocycles. The first-order chi connectivity index (χ1) is 9.74. The molecule has 0 atom stereocenters. The number of hydrogen-bond donors (Lipinski definition) is 0. The van der Waals surface area contributed by atoms with Gasteiger partial charge in [-0.15, -0.1) is 16.4 Å². The predicted octanol–water partition coefficient (Wildman–Crippen LogP) is 1.04. The maximum atomic E-state index is 11.8. The van der Waals surface area contributed by atoms with Gasteiger partial charge in [0.25, 0.3) is 0 Å². The van der Waals surface area contributed by atoms with Crippen molar-refractivity contribution in [2.45, 2.75) is 33.1 Å². The van der Waals surface area contributed by atoms with Gasteiger partial charge in [0.2, 0.25) is 0 Å². The highest BCUT2D eigenvalue weighted by Crippen LogP contribution is 2.12. The fraction of sp³-hybridized carbons (Fsp3) is 0.545. The number of aromatic nitrogens is 5. The Bertz CT molecular complexity index is 568. The molecule has 0 amide bonds. The van der Waals surface area contributed by atoms with Crippen LogP contribution in [0.1, 0.15) is 34.7 Å². The van der Waals surface area contributed by atoms with Crippen LogP contribution >= 0.6 is 11.3 Å². The highest BCUT2D eigenvalue weighted by Gasteiger charge is 2.14. The number of rotatable bonds is 7. The van der Waals surface area contributed by atoms with E-state index < -0.39 is 5.97 Å². The zero-order chi connectivity index (χ0) is 14.4. The summed E-state index contributed by atoms with van der Waals surface area (Å²) in [5, 5.41) is 13.6. The van der Waals surface area contributed by atoms with E-state index in [1.807, 2.05) is 6.92 Å². The first-order valence-electron chi connectivity index (χ1n) is 6.10. The number of carbonyl (C=O) groups is 1. The van der Waals surface area contributed by atoms with Gasteiger partial charge in [-0.25, -0.2) is 14.5 Å². The molecular weight excluding hydrogens is 282 g/mol.